The number of methoxy groups -OCH3 is 2. The second-order valence-corrected chi connectivity index (χ2v) is 6.60. The highest BCUT2D eigenvalue weighted by atomic mass is 79.9. The lowest BCUT2D eigenvalue weighted by molar-refractivity contribution is 0.353. The number of halogens is 1. The average Bonchev–Trinajstić information content (AvgIpc) is 2.93. The van der Waals surface area contributed by atoms with E-state index in [1.165, 1.54) is 10.4 Å². The Morgan fingerprint density at radius 1 is 1.19 bits per heavy atom. The van der Waals surface area contributed by atoms with Gasteiger partial charge in [0.2, 0.25) is 0 Å². The molecule has 0 bridgehead atoms. The molecule has 0 aliphatic heterocycles. The molecule has 1 aromatic carbocycles. The van der Waals surface area contributed by atoms with Gasteiger partial charge in [0, 0.05) is 27.3 Å². The van der Waals surface area contributed by atoms with Gasteiger partial charge in [-0.2, -0.15) is 0 Å². The maximum Gasteiger partial charge on any atom is 0.161 e. The molecule has 2 rings (SSSR count). The maximum atomic E-state index is 5.38. The number of rotatable bonds is 7. The molecule has 0 spiro atoms. The van der Waals surface area contributed by atoms with Crippen molar-refractivity contribution in [1.82, 2.24) is 5.32 Å². The molecule has 1 unspecified atom stereocenters. The highest BCUT2D eigenvalue weighted by molar-refractivity contribution is 9.10. The lowest BCUT2D eigenvalue weighted by Gasteiger charge is -2.18. The van der Waals surface area contributed by atoms with Gasteiger partial charge in [-0.15, -0.1) is 11.3 Å². The van der Waals surface area contributed by atoms with Crippen LogP contribution in [0.2, 0.25) is 0 Å². The van der Waals surface area contributed by atoms with Crippen molar-refractivity contribution in [2.75, 3.05) is 14.2 Å². The van der Waals surface area contributed by atoms with Crippen molar-refractivity contribution >= 4 is 27.3 Å². The first-order valence-electron chi connectivity index (χ1n) is 6.86. The normalized spacial score (nSPS) is 12.2. The summed E-state index contributed by atoms with van der Waals surface area (Å²) in [5.41, 5.74) is 1.21. The lowest BCUT2D eigenvalue weighted by Crippen LogP contribution is -2.19. The summed E-state index contributed by atoms with van der Waals surface area (Å²) < 4.78 is 11.8. The molecule has 0 fully saturated rings. The highest BCUT2D eigenvalue weighted by Crippen LogP contribution is 2.31. The van der Waals surface area contributed by atoms with Crippen molar-refractivity contribution < 1.29 is 9.47 Å². The van der Waals surface area contributed by atoms with Crippen LogP contribution < -0.4 is 14.8 Å². The Balaban J connectivity index is 2.09. The van der Waals surface area contributed by atoms with Crippen molar-refractivity contribution in [3.63, 3.8) is 0 Å². The van der Waals surface area contributed by atoms with Crippen LogP contribution in [0.1, 0.15) is 29.8 Å². The van der Waals surface area contributed by atoms with E-state index in [-0.39, 0.29) is 0 Å². The summed E-state index contributed by atoms with van der Waals surface area (Å²) in [5.74, 6) is 1.53. The third kappa shape index (κ3) is 4.22. The molecular formula is C16H20BrNO2S. The molecule has 3 nitrogen and oxygen atoms in total. The number of thiophene rings is 1. The standard InChI is InChI=1S/C16H20BrNO2S/c1-4-14(18-9-13-8-12(17)10-21-13)11-5-6-15(19-2)16(7-11)20-3/h5-8,10,14,18H,4,9H2,1-3H3. The van der Waals surface area contributed by atoms with E-state index >= 15 is 0 Å². The Morgan fingerprint density at radius 2 is 1.95 bits per heavy atom. The minimum Gasteiger partial charge on any atom is -0.493 e. The molecule has 1 aromatic heterocycles. The van der Waals surface area contributed by atoms with Crippen LogP contribution in [0.5, 0.6) is 11.5 Å². The summed E-state index contributed by atoms with van der Waals surface area (Å²) in [5, 5.41) is 5.70. The molecule has 114 valence electrons. The smallest absolute Gasteiger partial charge is 0.161 e. The van der Waals surface area contributed by atoms with Gasteiger partial charge < -0.3 is 14.8 Å². The van der Waals surface area contributed by atoms with Gasteiger partial charge >= 0.3 is 0 Å². The van der Waals surface area contributed by atoms with Crippen molar-refractivity contribution in [2.45, 2.75) is 25.9 Å². The third-order valence-corrected chi connectivity index (χ3v) is 5.06. The lowest BCUT2D eigenvalue weighted by atomic mass is 10.0. The highest BCUT2D eigenvalue weighted by Gasteiger charge is 2.12. The van der Waals surface area contributed by atoms with Gasteiger partial charge in [0.05, 0.1) is 14.2 Å². The van der Waals surface area contributed by atoms with Gasteiger partial charge in [0.15, 0.2) is 11.5 Å². The molecule has 0 amide bonds. The van der Waals surface area contributed by atoms with E-state index < -0.39 is 0 Å². The molecule has 0 aliphatic rings. The summed E-state index contributed by atoms with van der Waals surface area (Å²) in [4.78, 5) is 1.32. The van der Waals surface area contributed by atoms with Gasteiger partial charge in [-0.3, -0.25) is 0 Å². The van der Waals surface area contributed by atoms with Gasteiger partial charge in [0.25, 0.3) is 0 Å². The fourth-order valence-electron chi connectivity index (χ4n) is 2.24. The third-order valence-electron chi connectivity index (χ3n) is 3.36. The zero-order chi connectivity index (χ0) is 15.2. The van der Waals surface area contributed by atoms with E-state index in [2.05, 4.69) is 45.7 Å². The SMILES string of the molecule is CCC(NCc1cc(Br)cs1)c1ccc(OC)c(OC)c1. The molecule has 0 saturated carbocycles. The molecule has 0 saturated heterocycles. The van der Waals surface area contributed by atoms with Crippen molar-refractivity contribution in [3.05, 3.63) is 44.6 Å². The van der Waals surface area contributed by atoms with Gasteiger partial charge in [0.1, 0.15) is 0 Å². The first-order chi connectivity index (χ1) is 10.2. The van der Waals surface area contributed by atoms with E-state index in [1.807, 2.05) is 12.1 Å². The van der Waals surface area contributed by atoms with Crippen molar-refractivity contribution in [3.8, 4) is 11.5 Å². The molecule has 1 N–H and O–H groups in total. The van der Waals surface area contributed by atoms with Crippen LogP contribution >= 0.6 is 27.3 Å². The minimum atomic E-state index is 0.297. The van der Waals surface area contributed by atoms with Crippen LogP contribution in [-0.4, -0.2) is 14.2 Å². The minimum absolute atomic E-state index is 0.297. The Labute approximate surface area is 138 Å². The second kappa shape index (κ2) is 7.82. The predicted octanol–water partition coefficient (Wildman–Crippen LogP) is 4.77. The van der Waals surface area contributed by atoms with Crippen LogP contribution in [0, 0.1) is 0 Å². The number of hydrogen-bond acceptors (Lipinski definition) is 4. The van der Waals surface area contributed by atoms with Crippen LogP contribution in [0.25, 0.3) is 0 Å². The van der Waals surface area contributed by atoms with Crippen LogP contribution in [0.4, 0.5) is 0 Å². The summed E-state index contributed by atoms with van der Waals surface area (Å²) in [6, 6.07) is 8.54. The van der Waals surface area contributed by atoms with E-state index in [0.717, 1.165) is 28.9 Å². The maximum absolute atomic E-state index is 5.38. The van der Waals surface area contributed by atoms with Gasteiger partial charge in [-0.1, -0.05) is 13.0 Å². The largest absolute Gasteiger partial charge is 0.493 e. The Bertz CT molecular complexity index is 585. The summed E-state index contributed by atoms with van der Waals surface area (Å²) in [7, 11) is 3.32. The zero-order valence-electron chi connectivity index (χ0n) is 12.5. The van der Waals surface area contributed by atoms with Crippen LogP contribution in [0.3, 0.4) is 0 Å². The van der Waals surface area contributed by atoms with E-state index in [1.54, 1.807) is 25.6 Å². The number of hydrogen-bond donors (Lipinski definition) is 1. The van der Waals surface area contributed by atoms with E-state index in [0.29, 0.717) is 6.04 Å². The molecule has 5 heteroatoms. The topological polar surface area (TPSA) is 30.5 Å². The molecule has 2 aromatic rings. The van der Waals surface area contributed by atoms with Gasteiger partial charge in [-0.05, 0) is 46.1 Å². The first kappa shape index (κ1) is 16.3. The molecule has 0 radical (unpaired) electrons. The molecule has 21 heavy (non-hydrogen) atoms. The monoisotopic (exact) mass is 369 g/mol. The zero-order valence-corrected chi connectivity index (χ0v) is 14.9. The molecule has 1 atom stereocenters. The Kier molecular flexibility index (Phi) is 6.08. The first-order valence-corrected chi connectivity index (χ1v) is 8.53. The fraction of sp³-hybridized carbons (Fsp3) is 0.375. The summed E-state index contributed by atoms with van der Waals surface area (Å²) in [6.45, 7) is 3.04. The van der Waals surface area contributed by atoms with Crippen molar-refractivity contribution in [1.29, 1.82) is 0 Å². The fourth-order valence-corrected chi connectivity index (χ4v) is 3.64. The van der Waals surface area contributed by atoms with E-state index in [4.69, 9.17) is 9.47 Å². The van der Waals surface area contributed by atoms with Crippen LogP contribution in [0.15, 0.2) is 34.1 Å². The quantitative estimate of drug-likeness (QED) is 0.762. The van der Waals surface area contributed by atoms with Crippen LogP contribution in [-0.2, 0) is 6.54 Å². The number of nitrogens with one attached hydrogen (secondary N) is 1. The Morgan fingerprint density at radius 3 is 2.52 bits per heavy atom. The molecule has 1 heterocycles. The summed E-state index contributed by atoms with van der Waals surface area (Å²) in [6.07, 6.45) is 1.02. The molecule has 0 aliphatic carbocycles. The average molecular weight is 370 g/mol. The summed E-state index contributed by atoms with van der Waals surface area (Å²) >= 11 is 5.24. The predicted molar refractivity (Wildman–Crippen MR) is 91.4 cm³/mol. The Hall–Kier alpha value is -1.04. The van der Waals surface area contributed by atoms with Crippen molar-refractivity contribution in [2.24, 2.45) is 0 Å². The van der Waals surface area contributed by atoms with Gasteiger partial charge in [-0.25, -0.2) is 0 Å². The molecular weight excluding hydrogens is 350 g/mol. The van der Waals surface area contributed by atoms with E-state index in [9.17, 15) is 0 Å². The number of benzene rings is 1. The number of ether oxygens (including phenoxy) is 2. The second-order valence-electron chi connectivity index (χ2n) is 4.69.